The molecule has 10 nitrogen and oxygen atoms in total. The Labute approximate surface area is 824 Å². The second-order valence-electron chi connectivity index (χ2n) is 46.9. The number of hydrogen-bond acceptors (Lipinski definition) is 10. The van der Waals surface area contributed by atoms with Crippen molar-refractivity contribution in [2.45, 2.75) is 405 Å². The SMILES string of the molecule is Cc1ccc2c(n1)oc1c(N3C(C)C(C)(C)CC3(C)C)c(C)ccc12.Cc1ccc2c(n1)oc1c(N3C(C)C4(CCCCC4)CC3(C)C)c(C)ccc12.[2H]C([2H])([2H])C1(C([2H])([2H])[2H])C(C)N(c2ccccc2C)C(C)(C)C1([2H])[2H].[2H]C([2H])([2H])C1(C)c2ccccc2N(c2ccccc2C)C1C.[2H]C1([2H])C2(C3CC4CC(C3)CC2C4)C(C)N(c2ccccc2C)C1(C)C.[2H]C1([2H])C2(CCCCC2)C(C)N(c2ccccc2C)C1(C)C. The predicted molar refractivity (Wildman–Crippen MR) is 569 cm³/mol. The Bertz CT molecular complexity index is 6720. The summed E-state index contributed by atoms with van der Waals surface area (Å²) in [5, 5.41) is 4.58. The first-order valence-corrected chi connectivity index (χ1v) is 50.9. The van der Waals surface area contributed by atoms with Crippen LogP contribution in [-0.4, -0.2) is 73.9 Å². The predicted octanol–water partition coefficient (Wildman–Crippen LogP) is 33.3. The fourth-order valence-corrected chi connectivity index (χ4v) is 29.2. The van der Waals surface area contributed by atoms with Gasteiger partial charge in [0.05, 0.1) is 11.4 Å². The van der Waals surface area contributed by atoms with Gasteiger partial charge in [0.15, 0.2) is 11.2 Å². The number of aromatic nitrogens is 2. The molecule has 4 aromatic heterocycles. The van der Waals surface area contributed by atoms with Crippen molar-refractivity contribution < 1.29 is 29.4 Å². The van der Waals surface area contributed by atoms with Gasteiger partial charge < -0.3 is 38.2 Å². The number of aryl methyl sites for hydroxylation is 8. The van der Waals surface area contributed by atoms with E-state index in [0.717, 1.165) is 109 Å². The third-order valence-corrected chi connectivity index (χ3v) is 35.1. The van der Waals surface area contributed by atoms with E-state index in [-0.39, 0.29) is 45.4 Å². The molecule has 3 spiro atoms. The van der Waals surface area contributed by atoms with E-state index in [4.69, 9.17) is 26.7 Å². The third-order valence-electron chi connectivity index (χ3n) is 35.1. The molecule has 6 aliphatic carbocycles. The molecule has 0 N–H and O–H groups in total. The molecule has 7 aromatic carbocycles. The molecule has 0 radical (unpaired) electrons. The molecule has 6 saturated carbocycles. The Hall–Kier alpha value is -8.76. The van der Waals surface area contributed by atoms with Crippen LogP contribution in [0.3, 0.4) is 0 Å². The van der Waals surface area contributed by atoms with Gasteiger partial charge in [0.25, 0.3) is 0 Å². The maximum Gasteiger partial charge on any atom is 0.227 e. The van der Waals surface area contributed by atoms with Crippen LogP contribution >= 0.6 is 0 Å². The highest BCUT2D eigenvalue weighted by Gasteiger charge is 2.66. The second-order valence-corrected chi connectivity index (χ2v) is 46.9. The second kappa shape index (κ2) is 35.0. The van der Waals surface area contributed by atoms with Crippen LogP contribution in [0.4, 0.5) is 39.8 Å². The summed E-state index contributed by atoms with van der Waals surface area (Å²) in [5.41, 5.74) is 15.9. The standard InChI is InChI=1S/C25H32N2O.C23H33N.C22H28N2O.C19H29N.C18H21N.C16H25N/c1-16-9-11-19-20-12-10-17(2)26-23(20)28-22(19)21(16)27-18(3)25(15-24(27,4)5)13-7-6-8-14-25;1-15-7-5-6-8-21(15)24-16(2)23(14-22(24,3)4)19-10-17-9-18(12-19)13-20(23)11-17;1-13-8-10-16-17-11-9-14(2)23-20(17)25-19(16)18(13)24-15(3)21(4,5)12-22(24,6)7;1-15-10-6-7-11-17(15)20-16(2)19(14-18(20,3)4)12-8-5-9-13-19;1-13-9-5-7-11-16(13)19-14(2)18(3,4)15-10-6-8-12-17(15)19;1-12-9-7-8-10-14(12)17-13(2)15(3,4)11-16(17,5)6/h9-12,18H,6-8,13-15H2,1-5H3;5-8,16-20H,9-14H2,1-4H3;8-11,15H,12H2,1-7H3;6-7,10-11,16H,5,8-9,12-14H2,1-4H3;5-12,14H,1-4H3;7-10,13H,11H2,1-6H3/i;14D2;;14D2;3D3;3D3,4D3,11D2. The largest absolute Gasteiger partial charge is 0.436 e. The molecule has 7 unspecified atom stereocenters. The van der Waals surface area contributed by atoms with Gasteiger partial charge in [-0.1, -0.05) is 195 Å². The van der Waals surface area contributed by atoms with Crippen molar-refractivity contribution in [3.8, 4) is 0 Å². The minimum absolute atomic E-state index is 0.0876. The lowest BCUT2D eigenvalue weighted by Crippen LogP contribution is -2.57. The highest BCUT2D eigenvalue weighted by atomic mass is 16.3. The van der Waals surface area contributed by atoms with Crippen molar-refractivity contribution in [3.63, 3.8) is 0 Å². The average Bonchev–Trinajstić information content (AvgIpc) is 1.49. The van der Waals surface area contributed by atoms with Crippen molar-refractivity contribution in [1.82, 2.24) is 9.97 Å². The summed E-state index contributed by atoms with van der Waals surface area (Å²) >= 11 is 0. The monoisotopic (exact) mass is 1800 g/mol. The summed E-state index contributed by atoms with van der Waals surface area (Å²) in [4.78, 5) is 23.2. The van der Waals surface area contributed by atoms with Crippen LogP contribution in [0.15, 0.2) is 179 Å². The van der Waals surface area contributed by atoms with Crippen LogP contribution < -0.4 is 29.4 Å². The van der Waals surface area contributed by atoms with Gasteiger partial charge in [-0.25, -0.2) is 9.97 Å². The Balaban J connectivity index is 0.000000121. The van der Waals surface area contributed by atoms with E-state index in [2.05, 4.69) is 275 Å². The lowest BCUT2D eigenvalue weighted by Gasteiger charge is -2.62. The zero-order valence-corrected chi connectivity index (χ0v) is 85.9. The number of rotatable bonds is 6. The smallest absolute Gasteiger partial charge is 0.227 e. The molecule has 11 fully saturated rings. The van der Waals surface area contributed by atoms with Gasteiger partial charge in [0.2, 0.25) is 11.4 Å². The van der Waals surface area contributed by atoms with Crippen LogP contribution in [-0.2, 0) is 5.41 Å². The highest BCUT2D eigenvalue weighted by Crippen LogP contribution is 2.70. The topological polar surface area (TPSA) is 71.5 Å². The number of anilines is 7. The molecule has 10 heteroatoms. The molecule has 0 amide bonds. The Morgan fingerprint density at radius 2 is 0.699 bits per heavy atom. The highest BCUT2D eigenvalue weighted by molar-refractivity contribution is 6.10. The lowest BCUT2D eigenvalue weighted by molar-refractivity contribution is -0.113. The summed E-state index contributed by atoms with van der Waals surface area (Å²) < 4.78 is 140. The van der Waals surface area contributed by atoms with Crippen molar-refractivity contribution in [2.75, 3.05) is 29.4 Å². The number of fused-ring (bicyclic) bond motifs is 7. The van der Waals surface area contributed by atoms with Gasteiger partial charge in [-0.15, -0.1) is 0 Å². The van der Waals surface area contributed by atoms with E-state index in [9.17, 15) is 2.74 Å². The van der Waals surface area contributed by atoms with Crippen molar-refractivity contribution >= 4 is 83.9 Å². The molecular formula is C123H168N8O2. The maximum absolute atomic E-state index is 9.52. The van der Waals surface area contributed by atoms with Gasteiger partial charge in [0.1, 0.15) is 0 Å². The molecule has 712 valence electrons. The van der Waals surface area contributed by atoms with E-state index in [1.54, 1.807) is 30.9 Å². The van der Waals surface area contributed by atoms with E-state index in [1.165, 1.54) is 147 Å². The van der Waals surface area contributed by atoms with Crippen LogP contribution in [0.5, 0.6) is 0 Å². The van der Waals surface area contributed by atoms with E-state index < -0.39 is 73.2 Å². The fraction of sp³-hybridized carbons (Fsp3) is 0.577. The fourth-order valence-electron chi connectivity index (χ4n) is 29.2. The quantitative estimate of drug-likeness (QED) is 0.161. The molecule has 7 atom stereocenters. The first-order valence-electron chi connectivity index (χ1n) is 58.4. The summed E-state index contributed by atoms with van der Waals surface area (Å²) in [7, 11) is 0. The molecule has 10 heterocycles. The zero-order chi connectivity index (χ0) is 108. The average molecular weight is 1810 g/mol. The summed E-state index contributed by atoms with van der Waals surface area (Å²) in [6.45, 7) is 49.4. The first kappa shape index (κ1) is 78.3. The molecule has 23 rings (SSSR count). The molecular weight excluding hydrogens is 1620 g/mol. The summed E-state index contributed by atoms with van der Waals surface area (Å²) in [5.74, 6) is 2.89. The normalized spacial score (nSPS) is 31.7. The molecule has 12 aliphatic rings. The van der Waals surface area contributed by atoms with Crippen LogP contribution in [0.25, 0.3) is 44.1 Å². The summed E-state index contributed by atoms with van der Waals surface area (Å²) in [6, 6.07) is 57.8. The third kappa shape index (κ3) is 16.8. The number of para-hydroxylation sites is 5. The van der Waals surface area contributed by atoms with Crippen molar-refractivity contribution in [3.05, 3.63) is 220 Å². The first-order chi connectivity index (χ1) is 68.7. The van der Waals surface area contributed by atoms with Gasteiger partial charge in [-0.3, -0.25) is 0 Å². The number of furan rings is 2. The Kier molecular flexibility index (Phi) is 20.6. The van der Waals surface area contributed by atoms with Crippen molar-refractivity contribution in [1.29, 1.82) is 0 Å². The van der Waals surface area contributed by atoms with Gasteiger partial charge in [-0.2, -0.15) is 0 Å². The van der Waals surface area contributed by atoms with Gasteiger partial charge >= 0.3 is 0 Å². The molecule has 6 aliphatic heterocycles. The number of nitrogens with zero attached hydrogens (tertiary/aromatic N) is 8. The van der Waals surface area contributed by atoms with E-state index >= 15 is 0 Å². The maximum atomic E-state index is 9.52. The minimum atomic E-state index is -3.00. The number of benzene rings is 7. The van der Waals surface area contributed by atoms with E-state index in [0.29, 0.717) is 35.0 Å². The molecule has 5 saturated heterocycles. The van der Waals surface area contributed by atoms with Crippen LogP contribution in [0.2, 0.25) is 0 Å². The molecule has 4 bridgehead atoms. The molecule has 133 heavy (non-hydrogen) atoms. The minimum Gasteiger partial charge on any atom is -0.436 e. The lowest BCUT2D eigenvalue weighted by atomic mass is 9.43. The van der Waals surface area contributed by atoms with Crippen LogP contribution in [0.1, 0.15) is 351 Å². The van der Waals surface area contributed by atoms with Crippen LogP contribution in [0, 0.1) is 106 Å². The Morgan fingerprint density at radius 1 is 0.323 bits per heavy atom. The molecule has 11 aromatic rings. The van der Waals surface area contributed by atoms with E-state index in [1.807, 2.05) is 83.1 Å². The van der Waals surface area contributed by atoms with Gasteiger partial charge in [0, 0.05) is 151 Å². The summed E-state index contributed by atoms with van der Waals surface area (Å²) in [6.07, 6.45) is 16.6. The Morgan fingerprint density at radius 3 is 1.14 bits per heavy atom. The number of pyridine rings is 2. The van der Waals surface area contributed by atoms with Gasteiger partial charge in [-0.05, 0) is 400 Å². The zero-order valence-electron chi connectivity index (χ0n) is 101. The number of hydrogen-bond donors (Lipinski definition) is 0. The van der Waals surface area contributed by atoms with Crippen molar-refractivity contribution in [2.24, 2.45) is 50.7 Å².